The SMILES string of the molecule is CN1CC(Oc2ccnc(Br)n2)C1. The van der Waals surface area contributed by atoms with Crippen LogP contribution in [0.25, 0.3) is 0 Å². The van der Waals surface area contributed by atoms with E-state index in [4.69, 9.17) is 4.74 Å². The van der Waals surface area contributed by atoms with E-state index in [1.165, 1.54) is 0 Å². The molecule has 2 rings (SSSR count). The highest BCUT2D eigenvalue weighted by atomic mass is 79.9. The second-order valence-electron chi connectivity index (χ2n) is 3.12. The van der Waals surface area contributed by atoms with Crippen LogP contribution < -0.4 is 4.74 Å². The van der Waals surface area contributed by atoms with Crippen LogP contribution >= 0.6 is 15.9 Å². The van der Waals surface area contributed by atoms with Crippen LogP contribution in [0, 0.1) is 0 Å². The molecule has 0 atom stereocenters. The minimum Gasteiger partial charge on any atom is -0.472 e. The molecule has 70 valence electrons. The molecule has 1 aromatic heterocycles. The molecule has 0 saturated carbocycles. The van der Waals surface area contributed by atoms with Crippen molar-refractivity contribution >= 4 is 15.9 Å². The zero-order chi connectivity index (χ0) is 9.26. The molecule has 5 heteroatoms. The van der Waals surface area contributed by atoms with Crippen LogP contribution in [0.1, 0.15) is 0 Å². The second-order valence-corrected chi connectivity index (χ2v) is 3.83. The van der Waals surface area contributed by atoms with E-state index in [1.807, 2.05) is 0 Å². The molecule has 0 radical (unpaired) electrons. The fourth-order valence-electron chi connectivity index (χ4n) is 1.27. The summed E-state index contributed by atoms with van der Waals surface area (Å²) in [7, 11) is 2.07. The van der Waals surface area contributed by atoms with E-state index in [1.54, 1.807) is 12.3 Å². The summed E-state index contributed by atoms with van der Waals surface area (Å²) in [6, 6.07) is 1.77. The van der Waals surface area contributed by atoms with Crippen LogP contribution in [0.4, 0.5) is 0 Å². The number of rotatable bonds is 2. The van der Waals surface area contributed by atoms with Crippen molar-refractivity contribution in [1.82, 2.24) is 14.9 Å². The molecule has 0 spiro atoms. The van der Waals surface area contributed by atoms with Crippen molar-refractivity contribution in [3.63, 3.8) is 0 Å². The third-order valence-electron chi connectivity index (χ3n) is 1.92. The number of nitrogens with zero attached hydrogens (tertiary/aromatic N) is 3. The normalized spacial score (nSPS) is 18.3. The predicted octanol–water partition coefficient (Wildman–Crippen LogP) is 0.932. The molecule has 0 N–H and O–H groups in total. The van der Waals surface area contributed by atoms with Gasteiger partial charge in [0.1, 0.15) is 6.10 Å². The fourth-order valence-corrected chi connectivity index (χ4v) is 1.57. The maximum Gasteiger partial charge on any atom is 0.217 e. The van der Waals surface area contributed by atoms with Crippen LogP contribution in [-0.2, 0) is 0 Å². The van der Waals surface area contributed by atoms with Crippen LogP contribution in [0.2, 0.25) is 0 Å². The van der Waals surface area contributed by atoms with Crippen LogP contribution in [0.5, 0.6) is 5.88 Å². The van der Waals surface area contributed by atoms with Gasteiger partial charge in [0.05, 0.1) is 0 Å². The van der Waals surface area contributed by atoms with E-state index in [-0.39, 0.29) is 6.10 Å². The van der Waals surface area contributed by atoms with E-state index >= 15 is 0 Å². The van der Waals surface area contributed by atoms with Crippen molar-refractivity contribution in [2.75, 3.05) is 20.1 Å². The monoisotopic (exact) mass is 243 g/mol. The van der Waals surface area contributed by atoms with Gasteiger partial charge >= 0.3 is 0 Å². The molecular weight excluding hydrogens is 234 g/mol. The van der Waals surface area contributed by atoms with E-state index in [9.17, 15) is 0 Å². The second kappa shape index (κ2) is 3.59. The summed E-state index contributed by atoms with van der Waals surface area (Å²) in [6.45, 7) is 1.95. The Morgan fingerprint density at radius 3 is 3.00 bits per heavy atom. The molecule has 0 aromatic carbocycles. The first kappa shape index (κ1) is 8.90. The molecule has 0 bridgehead atoms. The highest BCUT2D eigenvalue weighted by Gasteiger charge is 2.25. The molecule has 1 fully saturated rings. The molecule has 0 aliphatic carbocycles. The van der Waals surface area contributed by atoms with E-state index in [0.717, 1.165) is 13.1 Å². The van der Waals surface area contributed by atoms with Crippen LogP contribution in [0.15, 0.2) is 17.0 Å². The first-order chi connectivity index (χ1) is 6.24. The molecular formula is C8H10BrN3O. The summed E-state index contributed by atoms with van der Waals surface area (Å²) in [6.07, 6.45) is 1.96. The quantitative estimate of drug-likeness (QED) is 0.725. The van der Waals surface area contributed by atoms with E-state index in [2.05, 4.69) is 37.8 Å². The Morgan fingerprint density at radius 1 is 1.62 bits per heavy atom. The van der Waals surface area contributed by atoms with Crippen molar-refractivity contribution in [3.05, 3.63) is 17.0 Å². The lowest BCUT2D eigenvalue weighted by Gasteiger charge is -2.35. The first-order valence-electron chi connectivity index (χ1n) is 4.08. The highest BCUT2D eigenvalue weighted by Crippen LogP contribution is 2.15. The smallest absolute Gasteiger partial charge is 0.217 e. The molecule has 2 heterocycles. The van der Waals surface area contributed by atoms with Gasteiger partial charge in [0, 0.05) is 25.4 Å². The molecule has 0 amide bonds. The summed E-state index contributed by atoms with van der Waals surface area (Å²) in [5.41, 5.74) is 0. The number of likely N-dealkylation sites (N-methyl/N-ethyl adjacent to an activating group) is 1. The topological polar surface area (TPSA) is 38.2 Å². The summed E-state index contributed by atoms with van der Waals surface area (Å²) in [5, 5.41) is 0. The van der Waals surface area contributed by atoms with Gasteiger partial charge < -0.3 is 4.74 Å². The number of hydrogen-bond acceptors (Lipinski definition) is 4. The van der Waals surface area contributed by atoms with Gasteiger partial charge in [-0.3, -0.25) is 4.90 Å². The molecule has 1 aliphatic rings. The third-order valence-corrected chi connectivity index (χ3v) is 2.30. The molecule has 1 aromatic rings. The molecule has 1 saturated heterocycles. The van der Waals surface area contributed by atoms with Crippen LogP contribution in [0.3, 0.4) is 0 Å². The first-order valence-corrected chi connectivity index (χ1v) is 4.87. The maximum absolute atomic E-state index is 5.58. The molecule has 0 unspecified atom stereocenters. The lowest BCUT2D eigenvalue weighted by atomic mass is 10.2. The number of ether oxygens (including phenoxy) is 1. The lowest BCUT2D eigenvalue weighted by molar-refractivity contribution is 0.0353. The number of halogens is 1. The standard InChI is InChI=1S/C8H10BrN3O/c1-12-4-6(5-12)13-7-2-3-10-8(9)11-7/h2-3,6H,4-5H2,1H3. The van der Waals surface area contributed by atoms with E-state index < -0.39 is 0 Å². The summed E-state index contributed by atoms with van der Waals surface area (Å²) < 4.78 is 6.15. The molecule has 13 heavy (non-hydrogen) atoms. The minimum atomic E-state index is 0.284. The van der Waals surface area contributed by atoms with Crippen molar-refractivity contribution in [2.45, 2.75) is 6.10 Å². The van der Waals surface area contributed by atoms with Gasteiger partial charge in [0.15, 0.2) is 4.73 Å². The number of hydrogen-bond donors (Lipinski definition) is 0. The maximum atomic E-state index is 5.58. The zero-order valence-corrected chi connectivity index (χ0v) is 8.86. The van der Waals surface area contributed by atoms with Gasteiger partial charge in [-0.2, -0.15) is 4.98 Å². The number of aromatic nitrogens is 2. The van der Waals surface area contributed by atoms with Gasteiger partial charge in [-0.05, 0) is 23.0 Å². The Labute approximate surface area is 85.1 Å². The molecule has 1 aliphatic heterocycles. The van der Waals surface area contributed by atoms with Gasteiger partial charge in [0.2, 0.25) is 5.88 Å². The van der Waals surface area contributed by atoms with Gasteiger partial charge in [-0.1, -0.05) is 0 Å². The summed E-state index contributed by atoms with van der Waals surface area (Å²) in [5.74, 6) is 0.639. The average Bonchev–Trinajstić information content (AvgIpc) is 2.01. The minimum absolute atomic E-state index is 0.284. The van der Waals surface area contributed by atoms with Gasteiger partial charge in [-0.15, -0.1) is 0 Å². The largest absolute Gasteiger partial charge is 0.472 e. The zero-order valence-electron chi connectivity index (χ0n) is 7.27. The number of likely N-dealkylation sites (tertiary alicyclic amines) is 1. The van der Waals surface area contributed by atoms with Crippen molar-refractivity contribution in [3.8, 4) is 5.88 Å². The Morgan fingerprint density at radius 2 is 2.38 bits per heavy atom. The molecule has 4 nitrogen and oxygen atoms in total. The Hall–Kier alpha value is -0.680. The Kier molecular flexibility index (Phi) is 2.46. The van der Waals surface area contributed by atoms with E-state index in [0.29, 0.717) is 10.6 Å². The van der Waals surface area contributed by atoms with Gasteiger partial charge in [0.25, 0.3) is 0 Å². The van der Waals surface area contributed by atoms with Crippen molar-refractivity contribution in [2.24, 2.45) is 0 Å². The summed E-state index contributed by atoms with van der Waals surface area (Å²) >= 11 is 3.19. The predicted molar refractivity (Wildman–Crippen MR) is 51.6 cm³/mol. The average molecular weight is 244 g/mol. The Balaban J connectivity index is 1.94. The van der Waals surface area contributed by atoms with Crippen LogP contribution in [-0.4, -0.2) is 41.1 Å². The van der Waals surface area contributed by atoms with Crippen molar-refractivity contribution in [1.29, 1.82) is 0 Å². The highest BCUT2D eigenvalue weighted by molar-refractivity contribution is 9.10. The third kappa shape index (κ3) is 2.16. The van der Waals surface area contributed by atoms with Gasteiger partial charge in [-0.25, -0.2) is 4.98 Å². The lowest BCUT2D eigenvalue weighted by Crippen LogP contribution is -2.51. The fraction of sp³-hybridized carbons (Fsp3) is 0.500. The summed E-state index contributed by atoms with van der Waals surface area (Å²) in [4.78, 5) is 10.2. The van der Waals surface area contributed by atoms with Crippen molar-refractivity contribution < 1.29 is 4.74 Å². The Bertz CT molecular complexity index is 301.